The second-order valence-electron chi connectivity index (χ2n) is 4.31. The monoisotopic (exact) mass is 213 g/mol. The number of nitrogens with zero attached hydrogens (tertiary/aromatic N) is 1. The lowest BCUT2D eigenvalue weighted by Crippen LogP contribution is -2.49. The van der Waals surface area contributed by atoms with E-state index in [4.69, 9.17) is 5.73 Å². The maximum Gasteiger partial charge on any atom is 0.236 e. The Morgan fingerprint density at radius 2 is 2.33 bits per heavy atom. The van der Waals surface area contributed by atoms with Crippen LogP contribution in [0.5, 0.6) is 0 Å². The first-order chi connectivity index (χ1) is 7.15. The largest absolute Gasteiger partial charge is 0.353 e. The van der Waals surface area contributed by atoms with Gasteiger partial charge in [-0.2, -0.15) is 0 Å². The lowest BCUT2D eigenvalue weighted by molar-refractivity contribution is -0.122. The van der Waals surface area contributed by atoms with Crippen molar-refractivity contribution in [2.75, 3.05) is 19.6 Å². The molecule has 0 spiro atoms. The smallest absolute Gasteiger partial charge is 0.236 e. The van der Waals surface area contributed by atoms with E-state index in [2.05, 4.69) is 17.1 Å². The van der Waals surface area contributed by atoms with Gasteiger partial charge in [0.15, 0.2) is 0 Å². The third-order valence-corrected chi connectivity index (χ3v) is 3.08. The van der Waals surface area contributed by atoms with Crippen molar-refractivity contribution in [1.82, 2.24) is 10.2 Å². The second-order valence-corrected chi connectivity index (χ2v) is 4.31. The fourth-order valence-electron chi connectivity index (χ4n) is 2.09. The molecule has 0 aromatic heterocycles. The van der Waals surface area contributed by atoms with Crippen molar-refractivity contribution >= 4 is 5.91 Å². The number of piperidine rings is 1. The third kappa shape index (κ3) is 3.80. The minimum absolute atomic E-state index is 0.0448. The number of likely N-dealkylation sites (N-methyl/N-ethyl adjacent to an activating group) is 1. The number of hydrogen-bond donors (Lipinski definition) is 2. The summed E-state index contributed by atoms with van der Waals surface area (Å²) in [4.78, 5) is 13.8. The van der Waals surface area contributed by atoms with Crippen molar-refractivity contribution in [3.63, 3.8) is 0 Å². The Labute approximate surface area is 92.2 Å². The molecule has 2 atom stereocenters. The number of likely N-dealkylation sites (tertiary alicyclic amines) is 1. The number of amides is 1. The van der Waals surface area contributed by atoms with Gasteiger partial charge in [0.2, 0.25) is 5.91 Å². The van der Waals surface area contributed by atoms with E-state index in [1.807, 2.05) is 0 Å². The Bertz CT molecular complexity index is 206. The molecular weight excluding hydrogens is 190 g/mol. The van der Waals surface area contributed by atoms with Crippen LogP contribution in [-0.2, 0) is 4.79 Å². The summed E-state index contributed by atoms with van der Waals surface area (Å²) in [6, 6.07) is 0.107. The van der Waals surface area contributed by atoms with Crippen LogP contribution in [0.4, 0.5) is 0 Å². The molecule has 15 heavy (non-hydrogen) atoms. The van der Waals surface area contributed by atoms with E-state index in [1.54, 1.807) is 6.92 Å². The summed E-state index contributed by atoms with van der Waals surface area (Å²) in [5, 5.41) is 2.91. The fourth-order valence-corrected chi connectivity index (χ4v) is 2.09. The van der Waals surface area contributed by atoms with E-state index in [-0.39, 0.29) is 5.91 Å². The fraction of sp³-hybridized carbons (Fsp3) is 0.909. The van der Waals surface area contributed by atoms with E-state index in [1.165, 1.54) is 19.3 Å². The van der Waals surface area contributed by atoms with Crippen LogP contribution in [0.3, 0.4) is 0 Å². The quantitative estimate of drug-likeness (QED) is 0.707. The molecule has 0 aliphatic carbocycles. The summed E-state index contributed by atoms with van der Waals surface area (Å²) in [6.07, 6.45) is 3.74. The van der Waals surface area contributed by atoms with Crippen LogP contribution in [0, 0.1) is 0 Å². The Morgan fingerprint density at radius 3 is 2.93 bits per heavy atom. The first-order valence-corrected chi connectivity index (χ1v) is 5.92. The zero-order valence-electron chi connectivity index (χ0n) is 9.83. The van der Waals surface area contributed by atoms with E-state index in [9.17, 15) is 4.79 Å². The molecule has 0 radical (unpaired) electrons. The molecule has 0 aromatic rings. The predicted octanol–water partition coefficient (Wildman–Crippen LogP) is 0.324. The van der Waals surface area contributed by atoms with Gasteiger partial charge in [-0.25, -0.2) is 0 Å². The third-order valence-electron chi connectivity index (χ3n) is 3.08. The Kier molecular flexibility index (Phi) is 5.05. The molecule has 0 aromatic carbocycles. The van der Waals surface area contributed by atoms with E-state index < -0.39 is 6.04 Å². The van der Waals surface area contributed by atoms with Crippen LogP contribution in [0.15, 0.2) is 0 Å². The lowest BCUT2D eigenvalue weighted by atomic mass is 10.0. The van der Waals surface area contributed by atoms with Crippen LogP contribution >= 0.6 is 0 Å². The zero-order chi connectivity index (χ0) is 11.3. The van der Waals surface area contributed by atoms with Crippen molar-refractivity contribution in [2.45, 2.75) is 45.2 Å². The molecule has 1 aliphatic rings. The Hall–Kier alpha value is -0.610. The normalized spacial score (nSPS) is 24.9. The molecule has 1 fully saturated rings. The number of nitrogens with two attached hydrogens (primary N) is 1. The minimum atomic E-state index is -0.399. The molecule has 1 amide bonds. The SMILES string of the molecule is CCN1CCCCC1CNC(=O)[C@@H](C)N. The van der Waals surface area contributed by atoms with Gasteiger partial charge >= 0.3 is 0 Å². The molecule has 1 aliphatic heterocycles. The summed E-state index contributed by atoms with van der Waals surface area (Å²) >= 11 is 0. The molecule has 1 unspecified atom stereocenters. The Morgan fingerprint density at radius 1 is 1.60 bits per heavy atom. The molecule has 88 valence electrons. The zero-order valence-corrected chi connectivity index (χ0v) is 9.83. The maximum absolute atomic E-state index is 11.3. The molecule has 1 saturated heterocycles. The van der Waals surface area contributed by atoms with Gasteiger partial charge in [-0.15, -0.1) is 0 Å². The first-order valence-electron chi connectivity index (χ1n) is 5.92. The van der Waals surface area contributed by atoms with E-state index >= 15 is 0 Å². The first kappa shape index (κ1) is 12.5. The molecule has 4 heteroatoms. The highest BCUT2D eigenvalue weighted by Gasteiger charge is 2.21. The molecule has 1 heterocycles. The van der Waals surface area contributed by atoms with Crippen molar-refractivity contribution in [2.24, 2.45) is 5.73 Å². The number of nitrogens with one attached hydrogen (secondary N) is 1. The number of carbonyl (C=O) groups excluding carboxylic acids is 1. The van der Waals surface area contributed by atoms with Crippen LogP contribution < -0.4 is 11.1 Å². The molecule has 4 nitrogen and oxygen atoms in total. The molecule has 0 bridgehead atoms. The van der Waals surface area contributed by atoms with Gasteiger partial charge in [-0.1, -0.05) is 13.3 Å². The van der Waals surface area contributed by atoms with Gasteiger partial charge in [0.05, 0.1) is 6.04 Å². The van der Waals surface area contributed by atoms with Gasteiger partial charge in [0.1, 0.15) is 0 Å². The van der Waals surface area contributed by atoms with E-state index in [0.29, 0.717) is 6.04 Å². The van der Waals surface area contributed by atoms with Crippen molar-refractivity contribution in [3.8, 4) is 0 Å². The average molecular weight is 213 g/mol. The standard InChI is InChI=1S/C11H23N3O/c1-3-14-7-5-4-6-10(14)8-13-11(15)9(2)12/h9-10H,3-8,12H2,1-2H3,(H,13,15)/t9-,10?/m1/s1. The van der Waals surface area contributed by atoms with Crippen LogP contribution in [0.1, 0.15) is 33.1 Å². The topological polar surface area (TPSA) is 58.4 Å². The van der Waals surface area contributed by atoms with Gasteiger partial charge in [-0.05, 0) is 32.9 Å². The summed E-state index contributed by atoms with van der Waals surface area (Å²) in [5.74, 6) is -0.0448. The van der Waals surface area contributed by atoms with Gasteiger partial charge in [0.25, 0.3) is 0 Å². The summed E-state index contributed by atoms with van der Waals surface area (Å²) in [7, 11) is 0. The minimum Gasteiger partial charge on any atom is -0.353 e. The highest BCUT2D eigenvalue weighted by Crippen LogP contribution is 2.15. The highest BCUT2D eigenvalue weighted by atomic mass is 16.2. The molecular formula is C11H23N3O. The van der Waals surface area contributed by atoms with Crippen molar-refractivity contribution in [1.29, 1.82) is 0 Å². The molecule has 3 N–H and O–H groups in total. The predicted molar refractivity (Wildman–Crippen MR) is 61.5 cm³/mol. The summed E-state index contributed by atoms with van der Waals surface area (Å²) in [5.41, 5.74) is 5.49. The summed E-state index contributed by atoms with van der Waals surface area (Å²) < 4.78 is 0. The number of hydrogen-bond acceptors (Lipinski definition) is 3. The van der Waals surface area contributed by atoms with E-state index in [0.717, 1.165) is 19.6 Å². The van der Waals surface area contributed by atoms with Crippen LogP contribution in [-0.4, -0.2) is 42.5 Å². The highest BCUT2D eigenvalue weighted by molar-refractivity contribution is 5.80. The summed E-state index contributed by atoms with van der Waals surface area (Å²) in [6.45, 7) is 6.86. The van der Waals surface area contributed by atoms with Gasteiger partial charge in [-0.3, -0.25) is 9.69 Å². The molecule has 1 rings (SSSR count). The van der Waals surface area contributed by atoms with Gasteiger partial charge in [0, 0.05) is 12.6 Å². The van der Waals surface area contributed by atoms with Crippen molar-refractivity contribution in [3.05, 3.63) is 0 Å². The Balaban J connectivity index is 2.32. The molecule has 0 saturated carbocycles. The van der Waals surface area contributed by atoms with Crippen LogP contribution in [0.25, 0.3) is 0 Å². The average Bonchev–Trinajstić information content (AvgIpc) is 2.26. The van der Waals surface area contributed by atoms with Gasteiger partial charge < -0.3 is 11.1 Å². The number of carbonyl (C=O) groups is 1. The maximum atomic E-state index is 11.3. The number of rotatable bonds is 4. The lowest BCUT2D eigenvalue weighted by Gasteiger charge is -2.35. The van der Waals surface area contributed by atoms with Crippen molar-refractivity contribution < 1.29 is 4.79 Å². The second kappa shape index (κ2) is 6.08. The van der Waals surface area contributed by atoms with Crippen LogP contribution in [0.2, 0.25) is 0 Å².